The number of ether oxygens (including phenoxy) is 2. The van der Waals surface area contributed by atoms with Gasteiger partial charge in [0.1, 0.15) is 19.6 Å². The van der Waals surface area contributed by atoms with Crippen molar-refractivity contribution in [1.82, 2.24) is 4.90 Å². The lowest BCUT2D eigenvalue weighted by atomic mass is 10.1. The summed E-state index contributed by atoms with van der Waals surface area (Å²) in [5.74, 6) is -0.752. The van der Waals surface area contributed by atoms with E-state index >= 15 is 0 Å². The molecule has 0 unspecified atom stereocenters. The maximum absolute atomic E-state index is 11.7. The summed E-state index contributed by atoms with van der Waals surface area (Å²) in [5, 5.41) is 0. The van der Waals surface area contributed by atoms with Crippen LogP contribution < -0.4 is 0 Å². The number of hydrogen-bond donors (Lipinski definition) is 0. The minimum atomic E-state index is -0.512. The van der Waals surface area contributed by atoms with Gasteiger partial charge in [0.2, 0.25) is 0 Å². The van der Waals surface area contributed by atoms with Gasteiger partial charge in [-0.3, -0.25) is 9.59 Å². The zero-order valence-electron chi connectivity index (χ0n) is 14.7. The van der Waals surface area contributed by atoms with Crippen LogP contribution in [0.2, 0.25) is 0 Å². The molecular formula is C20H27NO4. The first-order valence-corrected chi connectivity index (χ1v) is 8.93. The van der Waals surface area contributed by atoms with Crippen molar-refractivity contribution < 1.29 is 19.1 Å². The van der Waals surface area contributed by atoms with Gasteiger partial charge in [0.15, 0.2) is 5.78 Å². The molecule has 1 heterocycles. The Bertz CT molecular complexity index is 550. The third kappa shape index (κ3) is 8.61. The normalized spacial score (nSPS) is 15.4. The molecule has 0 atom stereocenters. The number of benzene rings is 1. The predicted molar refractivity (Wildman–Crippen MR) is 97.2 cm³/mol. The van der Waals surface area contributed by atoms with E-state index in [4.69, 9.17) is 9.47 Å². The summed E-state index contributed by atoms with van der Waals surface area (Å²) in [5.41, 5.74) is 1.04. The zero-order valence-corrected chi connectivity index (χ0v) is 14.7. The van der Waals surface area contributed by atoms with Gasteiger partial charge in [-0.05, 0) is 37.6 Å². The number of nitrogens with zero attached hydrogens (tertiary/aromatic N) is 1. The second-order valence-electron chi connectivity index (χ2n) is 6.17. The SMILES string of the molecule is O=C(COCCN1CCCCC1)CC(=O)OC/C=C/c1ccccc1. The summed E-state index contributed by atoms with van der Waals surface area (Å²) >= 11 is 0. The molecule has 1 aromatic carbocycles. The van der Waals surface area contributed by atoms with E-state index in [0.29, 0.717) is 6.61 Å². The van der Waals surface area contributed by atoms with Crippen LogP contribution in [0.5, 0.6) is 0 Å². The summed E-state index contributed by atoms with van der Waals surface area (Å²) in [6.45, 7) is 3.74. The van der Waals surface area contributed by atoms with Crippen molar-refractivity contribution in [2.75, 3.05) is 39.5 Å². The summed E-state index contributed by atoms with van der Waals surface area (Å²) in [6, 6.07) is 9.75. The highest BCUT2D eigenvalue weighted by Gasteiger charge is 2.12. The standard InChI is InChI=1S/C20H27NO4/c22-19(17-24-15-13-21-11-5-2-6-12-21)16-20(23)25-14-7-10-18-8-3-1-4-9-18/h1,3-4,7-10H,2,5-6,11-17H2/b10-7+. The first-order chi connectivity index (χ1) is 12.2. The van der Waals surface area contributed by atoms with Gasteiger partial charge in [-0.15, -0.1) is 0 Å². The van der Waals surface area contributed by atoms with Crippen molar-refractivity contribution in [3.8, 4) is 0 Å². The second kappa shape index (κ2) is 11.6. The first kappa shape index (κ1) is 19.3. The van der Waals surface area contributed by atoms with Crippen molar-refractivity contribution in [2.24, 2.45) is 0 Å². The Morgan fingerprint density at radius 3 is 2.60 bits per heavy atom. The van der Waals surface area contributed by atoms with Gasteiger partial charge >= 0.3 is 5.97 Å². The Morgan fingerprint density at radius 1 is 1.08 bits per heavy atom. The van der Waals surface area contributed by atoms with E-state index in [1.54, 1.807) is 6.08 Å². The quantitative estimate of drug-likeness (QED) is 0.371. The Kier molecular flexibility index (Phi) is 8.94. The van der Waals surface area contributed by atoms with Gasteiger partial charge in [0, 0.05) is 6.54 Å². The van der Waals surface area contributed by atoms with Crippen molar-refractivity contribution in [3.05, 3.63) is 42.0 Å². The van der Waals surface area contributed by atoms with Crippen molar-refractivity contribution in [2.45, 2.75) is 25.7 Å². The smallest absolute Gasteiger partial charge is 0.313 e. The van der Waals surface area contributed by atoms with Crippen LogP contribution in [0, 0.1) is 0 Å². The highest BCUT2D eigenvalue weighted by atomic mass is 16.5. The van der Waals surface area contributed by atoms with E-state index in [1.165, 1.54) is 19.3 Å². The van der Waals surface area contributed by atoms with Crippen molar-refractivity contribution >= 4 is 17.8 Å². The lowest BCUT2D eigenvalue weighted by Crippen LogP contribution is -2.33. The van der Waals surface area contributed by atoms with Crippen LogP contribution in [0.3, 0.4) is 0 Å². The molecule has 2 rings (SSSR count). The number of rotatable bonds is 10. The monoisotopic (exact) mass is 345 g/mol. The van der Waals surface area contributed by atoms with Crippen LogP contribution in [0.15, 0.2) is 36.4 Å². The van der Waals surface area contributed by atoms with Gasteiger partial charge in [-0.2, -0.15) is 0 Å². The van der Waals surface area contributed by atoms with Gasteiger partial charge < -0.3 is 14.4 Å². The molecule has 136 valence electrons. The fourth-order valence-corrected chi connectivity index (χ4v) is 2.72. The average molecular weight is 345 g/mol. The summed E-state index contributed by atoms with van der Waals surface area (Å²) < 4.78 is 10.4. The van der Waals surface area contributed by atoms with Gasteiger partial charge in [-0.1, -0.05) is 42.8 Å². The van der Waals surface area contributed by atoms with Gasteiger partial charge in [0.05, 0.1) is 6.61 Å². The largest absolute Gasteiger partial charge is 0.461 e. The van der Waals surface area contributed by atoms with E-state index in [0.717, 1.165) is 25.2 Å². The van der Waals surface area contributed by atoms with Gasteiger partial charge in [-0.25, -0.2) is 0 Å². The minimum absolute atomic E-state index is 0.0250. The number of Topliss-reactive ketones (excluding diaryl/α,β-unsaturated/α-hetero) is 1. The van der Waals surface area contributed by atoms with Crippen LogP contribution in [-0.2, 0) is 19.1 Å². The molecule has 25 heavy (non-hydrogen) atoms. The molecule has 0 N–H and O–H groups in total. The fraction of sp³-hybridized carbons (Fsp3) is 0.500. The van der Waals surface area contributed by atoms with E-state index < -0.39 is 5.97 Å². The molecule has 0 saturated carbocycles. The summed E-state index contributed by atoms with van der Waals surface area (Å²) in [6.07, 6.45) is 7.18. The summed E-state index contributed by atoms with van der Waals surface area (Å²) in [4.78, 5) is 25.7. The number of carbonyl (C=O) groups is 2. The van der Waals surface area contributed by atoms with E-state index in [9.17, 15) is 9.59 Å². The Labute approximate surface area is 149 Å². The van der Waals surface area contributed by atoms with Crippen molar-refractivity contribution in [3.63, 3.8) is 0 Å². The third-order valence-corrected chi connectivity index (χ3v) is 4.06. The molecule has 0 amide bonds. The minimum Gasteiger partial charge on any atom is -0.461 e. The van der Waals surface area contributed by atoms with E-state index in [1.807, 2.05) is 36.4 Å². The Balaban J connectivity index is 1.51. The Hall–Kier alpha value is -1.98. The maximum atomic E-state index is 11.7. The molecule has 0 bridgehead atoms. The lowest BCUT2D eigenvalue weighted by molar-refractivity contribution is -0.145. The average Bonchev–Trinajstić information content (AvgIpc) is 2.64. The molecular weight excluding hydrogens is 318 g/mol. The number of piperidine rings is 1. The number of carbonyl (C=O) groups excluding carboxylic acids is 2. The van der Waals surface area contributed by atoms with Crippen LogP contribution >= 0.6 is 0 Å². The van der Waals surface area contributed by atoms with Crippen molar-refractivity contribution in [1.29, 1.82) is 0 Å². The van der Waals surface area contributed by atoms with Crippen LogP contribution in [-0.4, -0.2) is 56.1 Å². The lowest BCUT2D eigenvalue weighted by Gasteiger charge is -2.25. The first-order valence-electron chi connectivity index (χ1n) is 8.93. The molecule has 1 aliphatic heterocycles. The van der Waals surface area contributed by atoms with Crippen LogP contribution in [0.1, 0.15) is 31.2 Å². The molecule has 0 radical (unpaired) electrons. The third-order valence-electron chi connectivity index (χ3n) is 4.06. The van der Waals surface area contributed by atoms with Gasteiger partial charge in [0.25, 0.3) is 0 Å². The number of hydrogen-bond acceptors (Lipinski definition) is 5. The molecule has 1 fully saturated rings. The zero-order chi connectivity index (χ0) is 17.7. The Morgan fingerprint density at radius 2 is 1.84 bits per heavy atom. The van der Waals surface area contributed by atoms with Crippen LogP contribution in [0.25, 0.3) is 6.08 Å². The number of esters is 1. The molecule has 5 nitrogen and oxygen atoms in total. The fourth-order valence-electron chi connectivity index (χ4n) is 2.72. The topological polar surface area (TPSA) is 55.8 Å². The molecule has 0 aromatic heterocycles. The number of ketones is 1. The molecule has 1 saturated heterocycles. The maximum Gasteiger partial charge on any atom is 0.313 e. The highest BCUT2D eigenvalue weighted by Crippen LogP contribution is 2.07. The molecule has 0 aliphatic carbocycles. The highest BCUT2D eigenvalue weighted by molar-refractivity contribution is 5.96. The predicted octanol–water partition coefficient (Wildman–Crippen LogP) is 2.70. The molecule has 5 heteroatoms. The summed E-state index contributed by atoms with van der Waals surface area (Å²) in [7, 11) is 0. The number of likely N-dealkylation sites (tertiary alicyclic amines) is 1. The second-order valence-corrected chi connectivity index (χ2v) is 6.17. The molecule has 0 spiro atoms. The van der Waals surface area contributed by atoms with E-state index in [2.05, 4.69) is 4.90 Å². The molecule has 1 aliphatic rings. The van der Waals surface area contributed by atoms with Crippen LogP contribution in [0.4, 0.5) is 0 Å². The molecule has 1 aromatic rings. The van der Waals surface area contributed by atoms with E-state index in [-0.39, 0.29) is 25.4 Å².